The van der Waals surface area contributed by atoms with Crippen molar-refractivity contribution in [3.8, 4) is 12.1 Å². The van der Waals surface area contributed by atoms with E-state index >= 15 is 0 Å². The first-order chi connectivity index (χ1) is 6.36. The van der Waals surface area contributed by atoms with E-state index in [1.165, 1.54) is 32.1 Å². The molecule has 3 nitrogen and oxygen atoms in total. The predicted molar refractivity (Wildman–Crippen MR) is 49.6 cm³/mol. The highest BCUT2D eigenvalue weighted by Gasteiger charge is 2.14. The molecule has 1 aliphatic carbocycles. The molecule has 0 aromatic carbocycles. The van der Waals surface area contributed by atoms with E-state index in [1.807, 2.05) is 12.1 Å². The van der Waals surface area contributed by atoms with Gasteiger partial charge in [-0.2, -0.15) is 10.5 Å². The Morgan fingerprint density at radius 2 is 1.77 bits per heavy atom. The van der Waals surface area contributed by atoms with Crippen molar-refractivity contribution >= 4 is 0 Å². The molecule has 0 saturated heterocycles. The first-order valence-corrected chi connectivity index (χ1v) is 4.89. The largest absolute Gasteiger partial charge is 0.312 e. The van der Waals surface area contributed by atoms with Gasteiger partial charge in [-0.1, -0.05) is 19.3 Å². The van der Waals surface area contributed by atoms with Gasteiger partial charge in [-0.15, -0.1) is 0 Å². The lowest BCUT2D eigenvalue weighted by atomic mass is 9.95. The van der Waals surface area contributed by atoms with Gasteiger partial charge in [0.05, 0.1) is 12.1 Å². The van der Waals surface area contributed by atoms with Crippen LogP contribution in [0.1, 0.15) is 32.1 Å². The lowest BCUT2D eigenvalue weighted by Gasteiger charge is -2.22. The van der Waals surface area contributed by atoms with E-state index < -0.39 is 5.92 Å². The molecule has 0 aromatic rings. The molecule has 1 aliphatic rings. The van der Waals surface area contributed by atoms with Gasteiger partial charge in [-0.05, 0) is 12.8 Å². The van der Waals surface area contributed by atoms with Crippen LogP contribution in [0.15, 0.2) is 0 Å². The Morgan fingerprint density at radius 3 is 2.31 bits per heavy atom. The van der Waals surface area contributed by atoms with Crippen LogP contribution in [0.5, 0.6) is 0 Å². The number of hydrogen-bond donors (Lipinski definition) is 1. The van der Waals surface area contributed by atoms with Crippen molar-refractivity contribution in [3.63, 3.8) is 0 Å². The van der Waals surface area contributed by atoms with Crippen molar-refractivity contribution in [1.29, 1.82) is 10.5 Å². The maximum absolute atomic E-state index is 8.54. The molecule has 0 spiro atoms. The van der Waals surface area contributed by atoms with Crippen LogP contribution in [-0.4, -0.2) is 12.6 Å². The number of nitrogens with zero attached hydrogens (tertiary/aromatic N) is 2. The summed E-state index contributed by atoms with van der Waals surface area (Å²) in [5, 5.41) is 20.4. The van der Waals surface area contributed by atoms with Gasteiger partial charge in [-0.3, -0.25) is 0 Å². The zero-order valence-electron chi connectivity index (χ0n) is 7.79. The van der Waals surface area contributed by atoms with E-state index in [4.69, 9.17) is 10.5 Å². The standard InChI is InChI=1S/C10H15N3/c11-6-9(7-12)8-13-10-4-2-1-3-5-10/h9-10,13H,1-5,8H2. The third-order valence-electron chi connectivity index (χ3n) is 2.53. The van der Waals surface area contributed by atoms with Crippen molar-refractivity contribution in [3.05, 3.63) is 0 Å². The fraction of sp³-hybridized carbons (Fsp3) is 0.800. The molecule has 0 amide bonds. The van der Waals surface area contributed by atoms with Gasteiger partial charge in [0, 0.05) is 12.6 Å². The molecule has 0 atom stereocenters. The van der Waals surface area contributed by atoms with Crippen molar-refractivity contribution in [2.24, 2.45) is 5.92 Å². The molecule has 0 aliphatic heterocycles. The average Bonchev–Trinajstić information content (AvgIpc) is 2.21. The van der Waals surface area contributed by atoms with Crippen molar-refractivity contribution < 1.29 is 0 Å². The quantitative estimate of drug-likeness (QED) is 0.711. The van der Waals surface area contributed by atoms with Crippen LogP contribution in [0.3, 0.4) is 0 Å². The number of nitrogens with one attached hydrogen (secondary N) is 1. The Balaban J connectivity index is 2.18. The zero-order valence-corrected chi connectivity index (χ0v) is 7.79. The molecule has 13 heavy (non-hydrogen) atoms. The van der Waals surface area contributed by atoms with Gasteiger partial charge in [-0.25, -0.2) is 0 Å². The van der Waals surface area contributed by atoms with Crippen LogP contribution in [0.2, 0.25) is 0 Å². The van der Waals surface area contributed by atoms with E-state index in [0.717, 1.165) is 0 Å². The molecular weight excluding hydrogens is 162 g/mol. The molecule has 1 N–H and O–H groups in total. The first kappa shape index (κ1) is 10.0. The molecule has 1 saturated carbocycles. The summed E-state index contributed by atoms with van der Waals surface area (Å²) < 4.78 is 0. The second-order valence-corrected chi connectivity index (χ2v) is 3.55. The fourth-order valence-corrected chi connectivity index (χ4v) is 1.71. The number of hydrogen-bond acceptors (Lipinski definition) is 3. The highest BCUT2D eigenvalue weighted by Crippen LogP contribution is 2.17. The molecule has 1 rings (SSSR count). The molecule has 0 heterocycles. The smallest absolute Gasteiger partial charge is 0.145 e. The second kappa shape index (κ2) is 5.56. The predicted octanol–water partition coefficient (Wildman–Crippen LogP) is 1.57. The van der Waals surface area contributed by atoms with Crippen molar-refractivity contribution in [1.82, 2.24) is 5.32 Å². The van der Waals surface area contributed by atoms with Gasteiger partial charge < -0.3 is 5.32 Å². The Kier molecular flexibility index (Phi) is 4.29. The highest BCUT2D eigenvalue weighted by atomic mass is 14.9. The third kappa shape index (κ3) is 3.44. The molecule has 0 unspecified atom stereocenters. The minimum absolute atomic E-state index is 0.484. The van der Waals surface area contributed by atoms with E-state index in [0.29, 0.717) is 12.6 Å². The molecule has 0 aromatic heterocycles. The average molecular weight is 177 g/mol. The van der Waals surface area contributed by atoms with Gasteiger partial charge >= 0.3 is 0 Å². The van der Waals surface area contributed by atoms with Crippen LogP contribution < -0.4 is 5.32 Å². The summed E-state index contributed by atoms with van der Waals surface area (Å²) in [6, 6.07) is 4.48. The monoisotopic (exact) mass is 177 g/mol. The Morgan fingerprint density at radius 1 is 1.15 bits per heavy atom. The summed E-state index contributed by atoms with van der Waals surface area (Å²) in [6.45, 7) is 0.525. The van der Waals surface area contributed by atoms with Crippen LogP contribution in [-0.2, 0) is 0 Å². The fourth-order valence-electron chi connectivity index (χ4n) is 1.71. The van der Waals surface area contributed by atoms with Crippen molar-refractivity contribution in [2.75, 3.05) is 6.54 Å². The van der Waals surface area contributed by atoms with Gasteiger partial charge in [0.25, 0.3) is 0 Å². The topological polar surface area (TPSA) is 59.6 Å². The minimum atomic E-state index is -0.484. The Labute approximate surface area is 79.4 Å². The minimum Gasteiger partial charge on any atom is -0.312 e. The zero-order chi connectivity index (χ0) is 9.52. The summed E-state index contributed by atoms with van der Waals surface area (Å²) >= 11 is 0. The summed E-state index contributed by atoms with van der Waals surface area (Å²) in [5.41, 5.74) is 0. The number of rotatable bonds is 3. The van der Waals surface area contributed by atoms with Crippen LogP contribution in [0, 0.1) is 28.6 Å². The van der Waals surface area contributed by atoms with Crippen molar-refractivity contribution in [2.45, 2.75) is 38.1 Å². The van der Waals surface area contributed by atoms with E-state index in [9.17, 15) is 0 Å². The Bertz CT molecular complexity index is 203. The molecule has 0 radical (unpaired) electrons. The van der Waals surface area contributed by atoms with Gasteiger partial charge in [0.15, 0.2) is 0 Å². The summed E-state index contributed by atoms with van der Waals surface area (Å²) in [6.07, 6.45) is 6.29. The molecule has 1 fully saturated rings. The Hall–Kier alpha value is -1.06. The lowest BCUT2D eigenvalue weighted by Crippen LogP contribution is -2.34. The van der Waals surface area contributed by atoms with Crippen LogP contribution in [0.4, 0.5) is 0 Å². The van der Waals surface area contributed by atoms with Gasteiger partial charge in [0.2, 0.25) is 0 Å². The van der Waals surface area contributed by atoms with Crippen LogP contribution in [0.25, 0.3) is 0 Å². The SMILES string of the molecule is N#CC(C#N)CNC1CCCCC1. The normalized spacial score (nSPS) is 18.1. The third-order valence-corrected chi connectivity index (χ3v) is 2.53. The second-order valence-electron chi connectivity index (χ2n) is 3.55. The molecular formula is C10H15N3. The van der Waals surface area contributed by atoms with Crippen LogP contribution >= 0.6 is 0 Å². The molecule has 70 valence electrons. The van der Waals surface area contributed by atoms with E-state index in [2.05, 4.69) is 5.32 Å². The lowest BCUT2D eigenvalue weighted by molar-refractivity contribution is 0.370. The molecule has 0 bridgehead atoms. The van der Waals surface area contributed by atoms with E-state index in [1.54, 1.807) is 0 Å². The van der Waals surface area contributed by atoms with E-state index in [-0.39, 0.29) is 0 Å². The first-order valence-electron chi connectivity index (χ1n) is 4.89. The summed E-state index contributed by atoms with van der Waals surface area (Å²) in [4.78, 5) is 0. The maximum atomic E-state index is 8.54. The maximum Gasteiger partial charge on any atom is 0.145 e. The summed E-state index contributed by atoms with van der Waals surface area (Å²) in [7, 11) is 0. The summed E-state index contributed by atoms with van der Waals surface area (Å²) in [5.74, 6) is -0.484. The van der Waals surface area contributed by atoms with Gasteiger partial charge in [0.1, 0.15) is 5.92 Å². The highest BCUT2D eigenvalue weighted by molar-refractivity contribution is 5.00. The molecule has 3 heteroatoms. The number of nitriles is 2.